The number of benzene rings is 2. The van der Waals surface area contributed by atoms with E-state index in [9.17, 15) is 19.2 Å². The van der Waals surface area contributed by atoms with Crippen molar-refractivity contribution >= 4 is 35.4 Å². The van der Waals surface area contributed by atoms with E-state index < -0.39 is 36.5 Å². The third kappa shape index (κ3) is 8.39. The first-order chi connectivity index (χ1) is 15.3. The topological polar surface area (TPSA) is 114 Å². The highest BCUT2D eigenvalue weighted by Gasteiger charge is 2.22. The quantitative estimate of drug-likeness (QED) is 0.498. The lowest BCUT2D eigenvalue weighted by atomic mass is 10.0. The molecule has 0 fully saturated rings. The van der Waals surface area contributed by atoms with Gasteiger partial charge in [-0.2, -0.15) is 0 Å². The molecule has 0 saturated heterocycles. The van der Waals surface area contributed by atoms with Crippen LogP contribution in [0.3, 0.4) is 0 Å². The molecule has 0 bridgehead atoms. The van der Waals surface area contributed by atoms with Crippen molar-refractivity contribution in [3.8, 4) is 0 Å². The zero-order valence-corrected chi connectivity index (χ0v) is 18.6. The molecular formula is C23H26ClN3O5. The third-order valence-corrected chi connectivity index (χ3v) is 4.61. The first kappa shape index (κ1) is 24.9. The van der Waals surface area contributed by atoms with Gasteiger partial charge in [0.05, 0.1) is 23.0 Å². The van der Waals surface area contributed by atoms with Crippen LogP contribution in [0.1, 0.15) is 42.2 Å². The lowest BCUT2D eigenvalue weighted by Gasteiger charge is -2.19. The fraction of sp³-hybridized carbons (Fsp3) is 0.304. The molecule has 0 heterocycles. The van der Waals surface area contributed by atoms with Crippen molar-refractivity contribution in [2.45, 2.75) is 26.3 Å². The fourth-order valence-electron chi connectivity index (χ4n) is 2.69. The number of imide groups is 1. The predicted octanol–water partition coefficient (Wildman–Crippen LogP) is 3.23. The summed E-state index contributed by atoms with van der Waals surface area (Å²) in [6.07, 6.45) is -0.215. The smallest absolute Gasteiger partial charge is 0.321 e. The van der Waals surface area contributed by atoms with E-state index in [1.165, 1.54) is 0 Å². The van der Waals surface area contributed by atoms with Crippen LogP contribution < -0.4 is 16.0 Å². The van der Waals surface area contributed by atoms with Crippen LogP contribution in [-0.4, -0.2) is 37.0 Å². The number of esters is 1. The van der Waals surface area contributed by atoms with Crippen molar-refractivity contribution in [2.24, 2.45) is 5.92 Å². The number of rotatable bonds is 9. The van der Waals surface area contributed by atoms with Gasteiger partial charge in [0.2, 0.25) is 0 Å². The molecule has 8 nitrogen and oxygen atoms in total. The van der Waals surface area contributed by atoms with Crippen molar-refractivity contribution in [2.75, 3.05) is 13.2 Å². The Hall–Kier alpha value is -3.39. The molecule has 0 aliphatic heterocycles. The fourth-order valence-corrected chi connectivity index (χ4v) is 2.92. The molecule has 2 aromatic rings. The molecule has 2 rings (SSSR count). The Morgan fingerprint density at radius 2 is 1.62 bits per heavy atom. The second-order valence-corrected chi connectivity index (χ2v) is 7.84. The Bertz CT molecular complexity index is 950. The summed E-state index contributed by atoms with van der Waals surface area (Å²) in [6.45, 7) is 3.62. The third-order valence-electron chi connectivity index (χ3n) is 4.28. The van der Waals surface area contributed by atoms with E-state index in [2.05, 4.69) is 16.0 Å². The molecule has 0 radical (unpaired) electrons. The molecule has 4 amide bonds. The van der Waals surface area contributed by atoms with Crippen molar-refractivity contribution < 1.29 is 23.9 Å². The monoisotopic (exact) mass is 459 g/mol. The minimum Gasteiger partial charge on any atom is -0.455 e. The minimum atomic E-state index is -0.754. The van der Waals surface area contributed by atoms with Gasteiger partial charge in [0.1, 0.15) is 0 Å². The standard InChI is InChI=1S/C23H26ClN3O5/c1-15(2)13-25-23(31)27-20(28)14-32-21(29)12-19(16-8-4-3-5-9-16)26-22(30)17-10-6-7-11-18(17)24/h3-11,15,19H,12-14H2,1-2H3,(H,26,30)(H2,25,27,28,31). The summed E-state index contributed by atoms with van der Waals surface area (Å²) in [5.41, 5.74) is 0.956. The average molecular weight is 460 g/mol. The van der Waals surface area contributed by atoms with E-state index >= 15 is 0 Å². The van der Waals surface area contributed by atoms with Gasteiger partial charge in [0, 0.05) is 6.54 Å². The van der Waals surface area contributed by atoms with Crippen LogP contribution in [-0.2, 0) is 14.3 Å². The van der Waals surface area contributed by atoms with E-state index in [0.29, 0.717) is 12.1 Å². The van der Waals surface area contributed by atoms with E-state index in [-0.39, 0.29) is 22.9 Å². The lowest BCUT2D eigenvalue weighted by molar-refractivity contribution is -0.148. The molecule has 1 unspecified atom stereocenters. The number of carbonyl (C=O) groups is 4. The Labute approximate surface area is 191 Å². The van der Waals surface area contributed by atoms with Crippen LogP contribution >= 0.6 is 11.6 Å². The van der Waals surface area contributed by atoms with Crippen LogP contribution in [0.25, 0.3) is 0 Å². The van der Waals surface area contributed by atoms with E-state index in [1.807, 2.05) is 19.9 Å². The summed E-state index contributed by atoms with van der Waals surface area (Å²) in [7, 11) is 0. The van der Waals surface area contributed by atoms with Crippen LogP contribution in [0.15, 0.2) is 54.6 Å². The Morgan fingerprint density at radius 3 is 2.28 bits per heavy atom. The second kappa shape index (κ2) is 12.5. The Balaban J connectivity index is 1.95. The maximum Gasteiger partial charge on any atom is 0.321 e. The number of urea groups is 1. The van der Waals surface area contributed by atoms with Crippen LogP contribution in [0, 0.1) is 5.92 Å². The van der Waals surface area contributed by atoms with E-state index in [4.69, 9.17) is 16.3 Å². The van der Waals surface area contributed by atoms with Crippen molar-refractivity contribution in [1.29, 1.82) is 0 Å². The average Bonchev–Trinajstić information content (AvgIpc) is 2.76. The second-order valence-electron chi connectivity index (χ2n) is 7.43. The van der Waals surface area contributed by atoms with Gasteiger partial charge in [-0.15, -0.1) is 0 Å². The number of halogens is 1. The van der Waals surface area contributed by atoms with Gasteiger partial charge in [0.25, 0.3) is 11.8 Å². The van der Waals surface area contributed by atoms with Crippen LogP contribution in [0.4, 0.5) is 4.79 Å². The maximum absolute atomic E-state index is 12.7. The number of nitrogens with one attached hydrogen (secondary N) is 3. The van der Waals surface area contributed by atoms with Crippen LogP contribution in [0.5, 0.6) is 0 Å². The molecule has 32 heavy (non-hydrogen) atoms. The number of ether oxygens (including phenoxy) is 1. The van der Waals surface area contributed by atoms with Crippen LogP contribution in [0.2, 0.25) is 5.02 Å². The molecule has 170 valence electrons. The summed E-state index contributed by atoms with van der Waals surface area (Å²) in [5, 5.41) is 7.68. The molecule has 0 saturated carbocycles. The summed E-state index contributed by atoms with van der Waals surface area (Å²) in [6, 6.07) is 14.1. The molecule has 1 atom stereocenters. The molecule has 9 heteroatoms. The van der Waals surface area contributed by atoms with Gasteiger partial charge in [-0.05, 0) is 23.6 Å². The normalized spacial score (nSPS) is 11.4. The first-order valence-electron chi connectivity index (χ1n) is 10.1. The summed E-state index contributed by atoms with van der Waals surface area (Å²) in [5.74, 6) is -1.69. The molecule has 3 N–H and O–H groups in total. The lowest BCUT2D eigenvalue weighted by Crippen LogP contribution is -2.42. The molecular weight excluding hydrogens is 434 g/mol. The molecule has 0 spiro atoms. The number of carbonyl (C=O) groups excluding carboxylic acids is 4. The highest BCUT2D eigenvalue weighted by molar-refractivity contribution is 6.33. The Kier molecular flexibility index (Phi) is 9.69. The zero-order valence-electron chi connectivity index (χ0n) is 17.9. The summed E-state index contributed by atoms with van der Waals surface area (Å²) < 4.78 is 4.98. The van der Waals surface area contributed by atoms with E-state index in [1.54, 1.807) is 48.5 Å². The van der Waals surface area contributed by atoms with Gasteiger partial charge in [-0.25, -0.2) is 4.79 Å². The van der Waals surface area contributed by atoms with Gasteiger partial charge in [-0.3, -0.25) is 19.7 Å². The largest absolute Gasteiger partial charge is 0.455 e. The number of amides is 4. The van der Waals surface area contributed by atoms with Gasteiger partial charge < -0.3 is 15.4 Å². The van der Waals surface area contributed by atoms with Gasteiger partial charge >= 0.3 is 12.0 Å². The SMILES string of the molecule is CC(C)CNC(=O)NC(=O)COC(=O)CC(NC(=O)c1ccccc1Cl)c1ccccc1. The summed E-state index contributed by atoms with van der Waals surface area (Å²) in [4.78, 5) is 48.4. The zero-order chi connectivity index (χ0) is 23.5. The number of hydrogen-bond acceptors (Lipinski definition) is 5. The van der Waals surface area contributed by atoms with E-state index in [0.717, 1.165) is 0 Å². The molecule has 0 aliphatic rings. The molecule has 0 aliphatic carbocycles. The van der Waals surface area contributed by atoms with Crippen molar-refractivity contribution in [1.82, 2.24) is 16.0 Å². The van der Waals surface area contributed by atoms with Crippen molar-refractivity contribution in [3.05, 3.63) is 70.7 Å². The minimum absolute atomic E-state index is 0.215. The highest BCUT2D eigenvalue weighted by atomic mass is 35.5. The number of hydrogen-bond donors (Lipinski definition) is 3. The summed E-state index contributed by atoms with van der Waals surface area (Å²) >= 11 is 6.09. The predicted molar refractivity (Wildman–Crippen MR) is 120 cm³/mol. The first-order valence-corrected chi connectivity index (χ1v) is 10.5. The maximum atomic E-state index is 12.7. The molecule has 0 aromatic heterocycles. The van der Waals surface area contributed by atoms with Gasteiger partial charge in [-0.1, -0.05) is 67.9 Å². The molecule has 2 aromatic carbocycles. The highest BCUT2D eigenvalue weighted by Crippen LogP contribution is 2.20. The van der Waals surface area contributed by atoms with Gasteiger partial charge in [0.15, 0.2) is 6.61 Å². The Morgan fingerprint density at radius 1 is 0.969 bits per heavy atom. The van der Waals surface area contributed by atoms with Crippen molar-refractivity contribution in [3.63, 3.8) is 0 Å².